The Morgan fingerprint density at radius 1 is 1.35 bits per heavy atom. The molecule has 0 saturated heterocycles. The van der Waals surface area contributed by atoms with Gasteiger partial charge in [0.25, 0.3) is 0 Å². The van der Waals surface area contributed by atoms with Crippen molar-refractivity contribution in [3.63, 3.8) is 0 Å². The number of hydrogen-bond donors (Lipinski definition) is 2. The summed E-state index contributed by atoms with van der Waals surface area (Å²) >= 11 is 6.35. The fraction of sp³-hybridized carbons (Fsp3) is 0.417. The van der Waals surface area contributed by atoms with Crippen LogP contribution in [0.2, 0.25) is 0 Å². The van der Waals surface area contributed by atoms with Gasteiger partial charge in [-0.1, -0.05) is 29.8 Å². The molecule has 1 aromatic carbocycles. The molecule has 0 heterocycles. The van der Waals surface area contributed by atoms with Gasteiger partial charge in [-0.05, 0) is 46.5 Å². The molecule has 5 nitrogen and oxygen atoms in total. The Hall–Kier alpha value is -0.440. The van der Waals surface area contributed by atoms with Crippen LogP contribution < -0.4 is 4.72 Å². The van der Waals surface area contributed by atoms with Crippen molar-refractivity contribution in [1.82, 2.24) is 4.72 Å². The molecule has 20 heavy (non-hydrogen) atoms. The third kappa shape index (κ3) is 4.83. The normalized spacial score (nSPS) is 13.4. The lowest BCUT2D eigenvalue weighted by atomic mass is 10.1. The minimum atomic E-state index is -3.91. The van der Waals surface area contributed by atoms with Gasteiger partial charge in [-0.3, -0.25) is 4.79 Å². The van der Waals surface area contributed by atoms with Crippen molar-refractivity contribution in [3.8, 4) is 0 Å². The number of carbonyl (C=O) groups is 1. The molecule has 0 bridgehead atoms. The smallest absolute Gasteiger partial charge is 0.321 e. The number of sulfonamides is 1. The van der Waals surface area contributed by atoms with E-state index >= 15 is 0 Å². The Morgan fingerprint density at radius 3 is 2.45 bits per heavy atom. The number of carboxylic acids is 1. The Bertz CT molecular complexity index is 601. The predicted octanol–water partition coefficient (Wildman–Crippen LogP) is 2.99. The third-order valence-electron chi connectivity index (χ3n) is 2.49. The van der Waals surface area contributed by atoms with E-state index in [1.54, 1.807) is 12.1 Å². The van der Waals surface area contributed by atoms with Crippen LogP contribution in [0.4, 0.5) is 0 Å². The number of halogens is 2. The lowest BCUT2D eigenvalue weighted by molar-refractivity contribution is -0.139. The minimum absolute atomic E-state index is 0.00174. The van der Waals surface area contributed by atoms with Crippen molar-refractivity contribution in [2.45, 2.75) is 31.2 Å². The highest BCUT2D eigenvalue weighted by Crippen LogP contribution is 2.26. The van der Waals surface area contributed by atoms with Crippen LogP contribution in [-0.2, 0) is 14.8 Å². The molecule has 0 spiro atoms. The number of benzene rings is 1. The molecule has 1 rings (SSSR count). The van der Waals surface area contributed by atoms with Gasteiger partial charge in [0.05, 0.1) is 4.90 Å². The Labute approximate surface area is 135 Å². The van der Waals surface area contributed by atoms with Gasteiger partial charge in [0.15, 0.2) is 0 Å². The highest BCUT2D eigenvalue weighted by molar-refractivity contribution is 9.11. The maximum atomic E-state index is 12.3. The molecule has 1 aromatic rings. The lowest BCUT2D eigenvalue weighted by Gasteiger charge is -2.17. The predicted molar refractivity (Wildman–Crippen MR) is 83.0 cm³/mol. The monoisotopic (exact) mass is 427 g/mol. The van der Waals surface area contributed by atoms with Crippen LogP contribution >= 0.6 is 31.9 Å². The fourth-order valence-corrected chi connectivity index (χ4v) is 4.31. The molecule has 0 radical (unpaired) electrons. The van der Waals surface area contributed by atoms with Crippen LogP contribution in [0.1, 0.15) is 20.3 Å². The zero-order valence-electron chi connectivity index (χ0n) is 10.9. The molecule has 0 aromatic heterocycles. The Balaban J connectivity index is 3.09. The average Bonchev–Trinajstić information content (AvgIpc) is 2.30. The van der Waals surface area contributed by atoms with Crippen molar-refractivity contribution in [1.29, 1.82) is 0 Å². The van der Waals surface area contributed by atoms with Crippen molar-refractivity contribution in [2.24, 2.45) is 5.92 Å². The molecule has 2 N–H and O–H groups in total. The number of nitrogens with one attached hydrogen (secondary N) is 1. The average molecular weight is 429 g/mol. The molecule has 0 aliphatic rings. The van der Waals surface area contributed by atoms with E-state index in [9.17, 15) is 13.2 Å². The fourth-order valence-electron chi connectivity index (χ4n) is 1.60. The van der Waals surface area contributed by atoms with Crippen molar-refractivity contribution >= 4 is 47.9 Å². The standard InChI is InChI=1S/C12H15Br2NO4S/c1-7(2)5-10(12(16)17)15-20(18,19)11-6-8(13)3-4-9(11)14/h3-4,6-7,10,15H,5H2,1-2H3,(H,16,17). The molecule has 8 heteroatoms. The highest BCUT2D eigenvalue weighted by Gasteiger charge is 2.27. The van der Waals surface area contributed by atoms with Gasteiger partial charge in [-0.15, -0.1) is 0 Å². The van der Waals surface area contributed by atoms with Gasteiger partial charge in [0.2, 0.25) is 10.0 Å². The summed E-state index contributed by atoms with van der Waals surface area (Å²) in [6, 6.07) is 3.54. The number of hydrogen-bond acceptors (Lipinski definition) is 3. The maximum Gasteiger partial charge on any atom is 0.321 e. The first kappa shape index (κ1) is 17.6. The molecule has 0 saturated carbocycles. The van der Waals surface area contributed by atoms with Crippen LogP contribution in [-0.4, -0.2) is 25.5 Å². The highest BCUT2D eigenvalue weighted by atomic mass is 79.9. The SMILES string of the molecule is CC(C)CC(NS(=O)(=O)c1cc(Br)ccc1Br)C(=O)O. The molecular weight excluding hydrogens is 414 g/mol. The minimum Gasteiger partial charge on any atom is -0.480 e. The molecule has 1 atom stereocenters. The summed E-state index contributed by atoms with van der Waals surface area (Å²) < 4.78 is 27.8. The Morgan fingerprint density at radius 2 is 1.95 bits per heavy atom. The first-order valence-electron chi connectivity index (χ1n) is 5.83. The van der Waals surface area contributed by atoms with Crippen LogP contribution in [0, 0.1) is 5.92 Å². The molecule has 0 fully saturated rings. The second kappa shape index (κ2) is 7.02. The Kier molecular flexibility index (Phi) is 6.18. The van der Waals surface area contributed by atoms with Crippen LogP contribution in [0.25, 0.3) is 0 Å². The molecule has 1 unspecified atom stereocenters. The summed E-state index contributed by atoms with van der Waals surface area (Å²) in [5.74, 6) is -1.13. The summed E-state index contributed by atoms with van der Waals surface area (Å²) in [4.78, 5) is 11.1. The van der Waals surface area contributed by atoms with Gasteiger partial charge in [-0.25, -0.2) is 8.42 Å². The second-order valence-electron chi connectivity index (χ2n) is 4.72. The number of carboxylic acid groups (broad SMARTS) is 1. The van der Waals surface area contributed by atoms with Gasteiger partial charge in [0, 0.05) is 8.95 Å². The summed E-state index contributed by atoms with van der Waals surface area (Å²) in [6.07, 6.45) is 0.222. The largest absolute Gasteiger partial charge is 0.480 e. The van der Waals surface area contributed by atoms with Crippen molar-refractivity contribution < 1.29 is 18.3 Å². The second-order valence-corrected chi connectivity index (χ2v) is 8.17. The van der Waals surface area contributed by atoms with E-state index < -0.39 is 22.0 Å². The lowest BCUT2D eigenvalue weighted by Crippen LogP contribution is -2.41. The maximum absolute atomic E-state index is 12.3. The topological polar surface area (TPSA) is 83.5 Å². The first-order chi connectivity index (χ1) is 9.13. The number of rotatable bonds is 6. The van der Waals surface area contributed by atoms with E-state index in [1.807, 2.05) is 13.8 Å². The summed E-state index contributed by atoms with van der Waals surface area (Å²) in [5, 5.41) is 9.11. The van der Waals surface area contributed by atoms with Gasteiger partial charge in [-0.2, -0.15) is 4.72 Å². The van der Waals surface area contributed by atoms with Crippen LogP contribution in [0.15, 0.2) is 32.0 Å². The third-order valence-corrected chi connectivity index (χ3v) is 5.44. The number of aliphatic carboxylic acids is 1. The van der Waals surface area contributed by atoms with Gasteiger partial charge < -0.3 is 5.11 Å². The van der Waals surface area contributed by atoms with E-state index in [-0.39, 0.29) is 17.2 Å². The van der Waals surface area contributed by atoms with E-state index in [0.717, 1.165) is 0 Å². The van der Waals surface area contributed by atoms with Crippen LogP contribution in [0.3, 0.4) is 0 Å². The molecule has 0 aliphatic carbocycles. The zero-order valence-corrected chi connectivity index (χ0v) is 14.9. The van der Waals surface area contributed by atoms with E-state index in [1.165, 1.54) is 6.07 Å². The van der Waals surface area contributed by atoms with E-state index in [2.05, 4.69) is 36.6 Å². The van der Waals surface area contributed by atoms with Gasteiger partial charge in [0.1, 0.15) is 6.04 Å². The van der Waals surface area contributed by atoms with E-state index in [4.69, 9.17) is 5.11 Å². The molecule has 112 valence electrons. The molecular formula is C12H15Br2NO4S. The van der Waals surface area contributed by atoms with Gasteiger partial charge >= 0.3 is 5.97 Å². The quantitative estimate of drug-likeness (QED) is 0.729. The summed E-state index contributed by atoms with van der Waals surface area (Å²) in [5.41, 5.74) is 0. The van der Waals surface area contributed by atoms with Crippen molar-refractivity contribution in [3.05, 3.63) is 27.1 Å². The summed E-state index contributed by atoms with van der Waals surface area (Å²) in [6.45, 7) is 3.67. The molecule has 0 amide bonds. The zero-order chi connectivity index (χ0) is 15.5. The first-order valence-corrected chi connectivity index (χ1v) is 8.90. The summed E-state index contributed by atoms with van der Waals surface area (Å²) in [7, 11) is -3.91. The molecule has 0 aliphatic heterocycles. The van der Waals surface area contributed by atoms with E-state index in [0.29, 0.717) is 8.95 Å². The van der Waals surface area contributed by atoms with Crippen LogP contribution in [0.5, 0.6) is 0 Å². The van der Waals surface area contributed by atoms with Crippen molar-refractivity contribution in [2.75, 3.05) is 0 Å².